The lowest BCUT2D eigenvalue weighted by molar-refractivity contribution is 0.0893. The van der Waals surface area contributed by atoms with Crippen LogP contribution in [0.1, 0.15) is 35.4 Å². The number of nitrogens with zero attached hydrogens (tertiary/aromatic N) is 5. The molecular formula is C22H22N6O5. The van der Waals surface area contributed by atoms with Crippen LogP contribution in [0.5, 0.6) is 0 Å². The zero-order valence-corrected chi connectivity index (χ0v) is 18.3. The summed E-state index contributed by atoms with van der Waals surface area (Å²) in [4.78, 5) is 41.7. The van der Waals surface area contributed by atoms with E-state index in [4.69, 9.17) is 8.94 Å². The molecule has 33 heavy (non-hydrogen) atoms. The predicted octanol–water partition coefficient (Wildman–Crippen LogP) is 1.63. The Balaban J connectivity index is 1.56. The molecule has 3 aromatic heterocycles. The quantitative estimate of drug-likeness (QED) is 0.448. The fourth-order valence-electron chi connectivity index (χ4n) is 3.15. The highest BCUT2D eigenvalue weighted by molar-refractivity contribution is 5.90. The molecule has 0 radical (unpaired) electrons. The zero-order chi connectivity index (χ0) is 23.5. The van der Waals surface area contributed by atoms with Crippen molar-refractivity contribution in [1.29, 1.82) is 0 Å². The molecule has 0 saturated heterocycles. The monoisotopic (exact) mass is 450 g/mol. The summed E-state index contributed by atoms with van der Waals surface area (Å²) in [7, 11) is 1.33. The van der Waals surface area contributed by atoms with E-state index in [-0.39, 0.29) is 23.5 Å². The number of benzene rings is 1. The second-order valence-corrected chi connectivity index (χ2v) is 7.66. The molecular weight excluding hydrogens is 428 g/mol. The first-order chi connectivity index (χ1) is 15.8. The van der Waals surface area contributed by atoms with Gasteiger partial charge in [0.05, 0.1) is 12.0 Å². The number of nitrogens with one attached hydrogen (secondary N) is 1. The van der Waals surface area contributed by atoms with Gasteiger partial charge in [-0.1, -0.05) is 22.9 Å². The van der Waals surface area contributed by atoms with Gasteiger partial charge < -0.3 is 14.3 Å². The van der Waals surface area contributed by atoms with Gasteiger partial charge in [-0.05, 0) is 44.5 Å². The van der Waals surface area contributed by atoms with Gasteiger partial charge in [-0.3, -0.25) is 14.2 Å². The first-order valence-electron chi connectivity index (χ1n) is 10.3. The third-order valence-corrected chi connectivity index (χ3v) is 5.07. The van der Waals surface area contributed by atoms with Crippen molar-refractivity contribution < 1.29 is 13.7 Å². The third kappa shape index (κ3) is 4.66. The van der Waals surface area contributed by atoms with Crippen LogP contribution in [0.3, 0.4) is 0 Å². The largest absolute Gasteiger partial charge is 0.469 e. The van der Waals surface area contributed by atoms with Gasteiger partial charge in [-0.15, -0.1) is 0 Å². The molecule has 0 spiro atoms. The van der Waals surface area contributed by atoms with Gasteiger partial charge in [0.1, 0.15) is 5.76 Å². The van der Waals surface area contributed by atoms with E-state index in [1.165, 1.54) is 7.05 Å². The summed E-state index contributed by atoms with van der Waals surface area (Å²) in [6.45, 7) is 3.75. The topological polar surface area (TPSA) is 138 Å². The highest BCUT2D eigenvalue weighted by Crippen LogP contribution is 2.11. The third-order valence-electron chi connectivity index (χ3n) is 5.07. The van der Waals surface area contributed by atoms with E-state index in [1.54, 1.807) is 24.5 Å². The highest BCUT2D eigenvalue weighted by Gasteiger charge is 2.22. The van der Waals surface area contributed by atoms with E-state index in [0.29, 0.717) is 18.5 Å². The molecule has 1 amide bonds. The number of amides is 1. The molecule has 11 nitrogen and oxygen atoms in total. The van der Waals surface area contributed by atoms with Crippen molar-refractivity contribution in [2.45, 2.75) is 32.7 Å². The van der Waals surface area contributed by atoms with Crippen LogP contribution < -0.4 is 16.6 Å². The van der Waals surface area contributed by atoms with Crippen molar-refractivity contribution in [1.82, 2.24) is 29.8 Å². The summed E-state index contributed by atoms with van der Waals surface area (Å²) >= 11 is 0. The Bertz CT molecular complexity index is 1380. The number of aromatic nitrogens is 5. The maximum absolute atomic E-state index is 12.6. The molecule has 11 heteroatoms. The molecule has 0 saturated carbocycles. The predicted molar refractivity (Wildman–Crippen MR) is 117 cm³/mol. The van der Waals surface area contributed by atoms with Crippen LogP contribution in [0.25, 0.3) is 17.2 Å². The maximum Gasteiger partial charge on any atom is 0.351 e. The van der Waals surface area contributed by atoms with Gasteiger partial charge in [0, 0.05) is 19.5 Å². The van der Waals surface area contributed by atoms with Crippen LogP contribution in [0.2, 0.25) is 0 Å². The number of carbonyl (C=O) groups excluding carboxylic acids is 1. The molecule has 4 rings (SSSR count). The van der Waals surface area contributed by atoms with E-state index in [1.807, 2.05) is 32.0 Å². The van der Waals surface area contributed by atoms with Gasteiger partial charge >= 0.3 is 17.5 Å². The minimum Gasteiger partial charge on any atom is -0.469 e. The van der Waals surface area contributed by atoms with Crippen LogP contribution in [-0.4, -0.2) is 36.4 Å². The molecule has 0 aliphatic heterocycles. The Labute approximate surface area is 187 Å². The number of hydrogen-bond donors (Lipinski definition) is 1. The summed E-state index contributed by atoms with van der Waals surface area (Å²) < 4.78 is 12.3. The molecule has 0 fully saturated rings. The van der Waals surface area contributed by atoms with Crippen LogP contribution in [0.4, 0.5) is 0 Å². The molecule has 1 N–H and O–H groups in total. The van der Waals surface area contributed by atoms with Crippen molar-refractivity contribution in [3.05, 3.63) is 80.7 Å². The van der Waals surface area contributed by atoms with Crippen LogP contribution in [0, 0.1) is 6.92 Å². The average molecular weight is 450 g/mol. The van der Waals surface area contributed by atoms with Gasteiger partial charge in [-0.2, -0.15) is 14.8 Å². The zero-order valence-electron chi connectivity index (χ0n) is 18.3. The van der Waals surface area contributed by atoms with Gasteiger partial charge in [0.15, 0.2) is 5.69 Å². The lowest BCUT2D eigenvalue weighted by Gasteiger charge is -2.10. The molecule has 0 bridgehead atoms. The lowest BCUT2D eigenvalue weighted by atomic mass is 10.1. The van der Waals surface area contributed by atoms with E-state index < -0.39 is 17.2 Å². The lowest BCUT2D eigenvalue weighted by Crippen LogP contribution is -2.40. The molecule has 0 aliphatic carbocycles. The summed E-state index contributed by atoms with van der Waals surface area (Å²) in [6.07, 6.45) is 2.90. The Morgan fingerprint density at radius 3 is 2.64 bits per heavy atom. The summed E-state index contributed by atoms with van der Waals surface area (Å²) in [5, 5.41) is 10.6. The van der Waals surface area contributed by atoms with Crippen molar-refractivity contribution in [2.24, 2.45) is 7.05 Å². The molecule has 0 unspecified atom stereocenters. The Morgan fingerprint density at radius 1 is 1.18 bits per heavy atom. The van der Waals surface area contributed by atoms with Crippen LogP contribution >= 0.6 is 0 Å². The standard InChI is InChI=1S/C22H22N6O5/c1-13-6-9-15(10-7-13)28-22(31)27(3)21(30)17(25-28)18-24-20(33-26-18)19(29)23-14(2)8-11-16-5-4-12-32-16/h4-7,9-10,12,14H,8,11H2,1-3H3,(H,23,29)/t14-/m1/s1. The first-order valence-corrected chi connectivity index (χ1v) is 10.3. The summed E-state index contributed by atoms with van der Waals surface area (Å²) in [5.41, 5.74) is -0.0768. The van der Waals surface area contributed by atoms with Gasteiger partial charge in [0.25, 0.3) is 5.56 Å². The van der Waals surface area contributed by atoms with Gasteiger partial charge in [-0.25, -0.2) is 4.79 Å². The number of carbonyl (C=O) groups is 1. The van der Waals surface area contributed by atoms with E-state index in [2.05, 4.69) is 20.6 Å². The molecule has 1 aromatic carbocycles. The summed E-state index contributed by atoms with van der Waals surface area (Å²) in [6, 6.07) is 10.5. The van der Waals surface area contributed by atoms with Crippen molar-refractivity contribution in [3.8, 4) is 17.2 Å². The van der Waals surface area contributed by atoms with E-state index >= 15 is 0 Å². The normalized spacial score (nSPS) is 12.0. The Kier molecular flexibility index (Phi) is 6.03. The maximum atomic E-state index is 12.6. The molecule has 170 valence electrons. The minimum atomic E-state index is -0.706. The van der Waals surface area contributed by atoms with Crippen molar-refractivity contribution in [3.63, 3.8) is 0 Å². The Hall–Kier alpha value is -4.28. The molecule has 1 atom stereocenters. The fraction of sp³-hybridized carbons (Fsp3) is 0.273. The van der Waals surface area contributed by atoms with E-state index in [0.717, 1.165) is 20.6 Å². The fourth-order valence-corrected chi connectivity index (χ4v) is 3.15. The Morgan fingerprint density at radius 2 is 1.94 bits per heavy atom. The highest BCUT2D eigenvalue weighted by atomic mass is 16.5. The smallest absolute Gasteiger partial charge is 0.351 e. The first kappa shape index (κ1) is 21.9. The second-order valence-electron chi connectivity index (χ2n) is 7.66. The van der Waals surface area contributed by atoms with Crippen molar-refractivity contribution >= 4 is 5.91 Å². The van der Waals surface area contributed by atoms with Crippen LogP contribution in [0.15, 0.2) is 61.2 Å². The second kappa shape index (κ2) is 9.07. The number of furan rings is 1. The van der Waals surface area contributed by atoms with Gasteiger partial charge in [0.2, 0.25) is 5.82 Å². The molecule has 4 aromatic rings. The van der Waals surface area contributed by atoms with Crippen molar-refractivity contribution in [2.75, 3.05) is 0 Å². The average Bonchev–Trinajstić information content (AvgIpc) is 3.50. The minimum absolute atomic E-state index is 0.188. The molecule has 3 heterocycles. The SMILES string of the molecule is Cc1ccc(-n2nc(-c3noc(C(=O)N[C@H](C)CCc4ccco4)n3)c(=O)n(C)c2=O)cc1. The summed E-state index contributed by atoms with van der Waals surface area (Å²) in [5.74, 6) is -0.261. The molecule has 0 aliphatic rings. The number of hydrogen-bond acceptors (Lipinski definition) is 8. The van der Waals surface area contributed by atoms with E-state index in [9.17, 15) is 14.4 Å². The van der Waals surface area contributed by atoms with Crippen LogP contribution in [-0.2, 0) is 13.5 Å². The number of aryl methyl sites for hydroxylation is 2. The number of rotatable bonds is 7.